The zero-order chi connectivity index (χ0) is 12.7. The van der Waals surface area contributed by atoms with Gasteiger partial charge in [0.1, 0.15) is 0 Å². The maximum Gasteiger partial charge on any atom is 0.337 e. The van der Waals surface area contributed by atoms with Crippen LogP contribution in [-0.2, 0) is 19.4 Å². The maximum atomic E-state index is 11.3. The van der Waals surface area contributed by atoms with Gasteiger partial charge in [-0.2, -0.15) is 0 Å². The van der Waals surface area contributed by atoms with E-state index in [-0.39, 0.29) is 6.61 Å². The molecule has 0 saturated heterocycles. The summed E-state index contributed by atoms with van der Waals surface area (Å²) in [5.41, 5.74) is 3.56. The van der Waals surface area contributed by atoms with Crippen LogP contribution in [0.4, 0.5) is 0 Å². The van der Waals surface area contributed by atoms with Crippen molar-refractivity contribution in [2.24, 2.45) is 0 Å². The van der Waals surface area contributed by atoms with E-state index < -0.39 is 5.97 Å². The number of aliphatic hydroxyl groups is 1. The molecule has 4 heteroatoms. The van der Waals surface area contributed by atoms with Crippen LogP contribution in [0.5, 0.6) is 0 Å². The van der Waals surface area contributed by atoms with Gasteiger partial charge in [-0.25, -0.2) is 4.79 Å². The Labute approximate surface area is 104 Å². The monoisotopic (exact) mass is 245 g/mol. The smallest absolute Gasteiger partial charge is 0.337 e. The topological polar surface area (TPSA) is 62.5 Å². The summed E-state index contributed by atoms with van der Waals surface area (Å²) in [5, 5.41) is 19.5. The highest BCUT2D eigenvalue weighted by Crippen LogP contribution is 2.34. The lowest BCUT2D eigenvalue weighted by Crippen LogP contribution is -2.08. The molecule has 2 aromatic rings. The molecule has 94 valence electrons. The largest absolute Gasteiger partial charge is 0.478 e. The average molecular weight is 245 g/mol. The minimum atomic E-state index is -0.907. The number of carboxylic acid groups (broad SMARTS) is 1. The second-order valence-corrected chi connectivity index (χ2v) is 4.66. The highest BCUT2D eigenvalue weighted by atomic mass is 16.4. The fourth-order valence-electron chi connectivity index (χ4n) is 3.05. The Bertz CT molecular complexity index is 627. The quantitative estimate of drug-likeness (QED) is 0.867. The van der Waals surface area contributed by atoms with Crippen molar-refractivity contribution < 1.29 is 15.0 Å². The number of hydrogen-bond donors (Lipinski definition) is 2. The summed E-state index contributed by atoms with van der Waals surface area (Å²) < 4.78 is 1.99. The van der Waals surface area contributed by atoms with E-state index in [4.69, 9.17) is 0 Å². The molecule has 0 amide bonds. The first-order valence-corrected chi connectivity index (χ1v) is 6.21. The van der Waals surface area contributed by atoms with Crippen molar-refractivity contribution in [3.05, 3.63) is 35.0 Å². The first-order valence-electron chi connectivity index (χ1n) is 6.21. The molecular weight excluding hydrogens is 230 g/mol. The van der Waals surface area contributed by atoms with E-state index in [9.17, 15) is 15.0 Å². The Morgan fingerprint density at radius 2 is 2.17 bits per heavy atom. The Hall–Kier alpha value is -1.81. The van der Waals surface area contributed by atoms with Gasteiger partial charge < -0.3 is 14.8 Å². The SMILES string of the molecule is O=C(O)c1cccc2c3c(n(CCO)c12)CCC3. The Morgan fingerprint density at radius 3 is 2.89 bits per heavy atom. The number of carboxylic acids is 1. The molecule has 0 fully saturated rings. The first-order chi connectivity index (χ1) is 8.74. The Balaban J connectivity index is 2.37. The molecule has 4 nitrogen and oxygen atoms in total. The summed E-state index contributed by atoms with van der Waals surface area (Å²) in [6.45, 7) is 0.500. The van der Waals surface area contributed by atoms with Crippen LogP contribution in [0.1, 0.15) is 28.0 Å². The lowest BCUT2D eigenvalue weighted by molar-refractivity contribution is 0.0698. The molecule has 0 atom stereocenters. The van der Waals surface area contributed by atoms with Gasteiger partial charge in [0.25, 0.3) is 0 Å². The van der Waals surface area contributed by atoms with Crippen molar-refractivity contribution in [2.75, 3.05) is 6.61 Å². The summed E-state index contributed by atoms with van der Waals surface area (Å²) in [7, 11) is 0. The number of benzene rings is 1. The van der Waals surface area contributed by atoms with Gasteiger partial charge in [-0.1, -0.05) is 12.1 Å². The molecule has 18 heavy (non-hydrogen) atoms. The van der Waals surface area contributed by atoms with Crippen LogP contribution >= 0.6 is 0 Å². The third-order valence-electron chi connectivity index (χ3n) is 3.70. The zero-order valence-electron chi connectivity index (χ0n) is 10.0. The zero-order valence-corrected chi connectivity index (χ0v) is 10.0. The van der Waals surface area contributed by atoms with Crippen LogP contribution < -0.4 is 0 Å². The highest BCUT2D eigenvalue weighted by molar-refractivity contribution is 6.04. The van der Waals surface area contributed by atoms with E-state index in [2.05, 4.69) is 0 Å². The van der Waals surface area contributed by atoms with E-state index in [1.54, 1.807) is 12.1 Å². The maximum absolute atomic E-state index is 11.3. The second kappa shape index (κ2) is 4.14. The number of hydrogen-bond acceptors (Lipinski definition) is 2. The van der Waals surface area contributed by atoms with Gasteiger partial charge in [0.2, 0.25) is 0 Å². The van der Waals surface area contributed by atoms with Crippen molar-refractivity contribution in [3.63, 3.8) is 0 Å². The van der Waals surface area contributed by atoms with Gasteiger partial charge in [0.15, 0.2) is 0 Å². The van der Waals surface area contributed by atoms with Crippen LogP contribution in [0.3, 0.4) is 0 Å². The normalized spacial score (nSPS) is 14.1. The average Bonchev–Trinajstić information content (AvgIpc) is 2.92. The number of nitrogens with zero attached hydrogens (tertiary/aromatic N) is 1. The molecule has 1 aromatic heterocycles. The summed E-state index contributed by atoms with van der Waals surface area (Å²) >= 11 is 0. The van der Waals surface area contributed by atoms with Crippen LogP contribution in [0.2, 0.25) is 0 Å². The standard InChI is InChI=1S/C14H15NO3/c16-8-7-15-12-6-2-3-9(12)10-4-1-5-11(13(10)15)14(17)18/h1,4-5,16H,2-3,6-8H2,(H,17,18). The number of rotatable bonds is 3. The van der Waals surface area contributed by atoms with Gasteiger partial charge >= 0.3 is 5.97 Å². The van der Waals surface area contributed by atoms with Crippen molar-refractivity contribution in [1.82, 2.24) is 4.57 Å². The predicted molar refractivity (Wildman–Crippen MR) is 68.0 cm³/mol. The van der Waals surface area contributed by atoms with Gasteiger partial charge in [0.05, 0.1) is 17.7 Å². The molecule has 1 aromatic carbocycles. The lowest BCUT2D eigenvalue weighted by atomic mass is 10.1. The minimum Gasteiger partial charge on any atom is -0.478 e. The summed E-state index contributed by atoms with van der Waals surface area (Å²) in [4.78, 5) is 11.3. The Kier molecular flexibility index (Phi) is 2.59. The summed E-state index contributed by atoms with van der Waals surface area (Å²) in [6.07, 6.45) is 3.10. The number of para-hydroxylation sites is 1. The Morgan fingerprint density at radius 1 is 1.33 bits per heavy atom. The number of aryl methyl sites for hydroxylation is 1. The molecule has 0 spiro atoms. The van der Waals surface area contributed by atoms with Crippen LogP contribution in [0.25, 0.3) is 10.9 Å². The number of carbonyl (C=O) groups is 1. The third kappa shape index (κ3) is 1.46. The first kappa shape index (κ1) is 11.3. The minimum absolute atomic E-state index is 0.0319. The molecule has 0 radical (unpaired) electrons. The van der Waals surface area contributed by atoms with Crippen LogP contribution in [-0.4, -0.2) is 27.4 Å². The van der Waals surface area contributed by atoms with Crippen molar-refractivity contribution in [1.29, 1.82) is 0 Å². The predicted octanol–water partition coefficient (Wildman–Crippen LogP) is 1.82. The lowest BCUT2D eigenvalue weighted by Gasteiger charge is -2.09. The molecule has 1 aliphatic rings. The van der Waals surface area contributed by atoms with Gasteiger partial charge in [-0.05, 0) is 30.9 Å². The molecule has 0 unspecified atom stereocenters. The molecule has 1 aliphatic carbocycles. The number of aromatic nitrogens is 1. The van der Waals surface area contributed by atoms with Gasteiger partial charge in [-0.3, -0.25) is 0 Å². The van der Waals surface area contributed by atoms with E-state index in [0.717, 1.165) is 30.2 Å². The van der Waals surface area contributed by atoms with E-state index in [0.29, 0.717) is 12.1 Å². The third-order valence-corrected chi connectivity index (χ3v) is 3.70. The molecule has 3 rings (SSSR count). The van der Waals surface area contributed by atoms with E-state index in [1.165, 1.54) is 11.3 Å². The van der Waals surface area contributed by atoms with Crippen molar-refractivity contribution in [3.8, 4) is 0 Å². The highest BCUT2D eigenvalue weighted by Gasteiger charge is 2.24. The van der Waals surface area contributed by atoms with Crippen LogP contribution in [0.15, 0.2) is 18.2 Å². The summed E-state index contributed by atoms with van der Waals surface area (Å²) in [6, 6.07) is 5.42. The molecule has 0 bridgehead atoms. The van der Waals surface area contributed by atoms with Crippen molar-refractivity contribution >= 4 is 16.9 Å². The molecule has 0 aliphatic heterocycles. The van der Waals surface area contributed by atoms with E-state index in [1.807, 2.05) is 10.6 Å². The van der Waals surface area contributed by atoms with Crippen LogP contribution in [0, 0.1) is 0 Å². The van der Waals surface area contributed by atoms with Gasteiger partial charge in [0, 0.05) is 17.6 Å². The molecular formula is C14H15NO3. The molecule has 0 saturated carbocycles. The van der Waals surface area contributed by atoms with Gasteiger partial charge in [-0.15, -0.1) is 0 Å². The summed E-state index contributed by atoms with van der Waals surface area (Å²) in [5.74, 6) is -0.907. The molecule has 2 N–H and O–H groups in total. The number of fused-ring (bicyclic) bond motifs is 3. The fourth-order valence-corrected chi connectivity index (χ4v) is 3.05. The van der Waals surface area contributed by atoms with Crippen molar-refractivity contribution in [2.45, 2.75) is 25.8 Å². The second-order valence-electron chi connectivity index (χ2n) is 4.66. The number of aromatic carboxylic acids is 1. The fraction of sp³-hybridized carbons (Fsp3) is 0.357. The number of aliphatic hydroxyl groups excluding tert-OH is 1. The molecule has 1 heterocycles. The van der Waals surface area contributed by atoms with E-state index >= 15 is 0 Å².